The SMILES string of the molecule is c1ccc(-c2ccc(N(c3ccc4oc5c6ccccc6ccc5c4c3-c3cccc(-c4ccccc4)c3)c3cccc4c3oc3ccccc34)cc2)cc1. The highest BCUT2D eigenvalue weighted by Crippen LogP contribution is 2.50. The van der Waals surface area contributed by atoms with E-state index in [4.69, 9.17) is 8.83 Å². The predicted octanol–water partition coefficient (Wildman–Crippen LogP) is 15.1. The molecule has 0 saturated heterocycles. The van der Waals surface area contributed by atoms with Crippen molar-refractivity contribution in [3.8, 4) is 33.4 Å². The van der Waals surface area contributed by atoms with E-state index in [1.807, 2.05) is 12.1 Å². The molecule has 0 saturated carbocycles. The van der Waals surface area contributed by atoms with Crippen molar-refractivity contribution >= 4 is 71.7 Å². The van der Waals surface area contributed by atoms with Crippen LogP contribution in [0.25, 0.3) is 88.0 Å². The monoisotopic (exact) mass is 703 g/mol. The van der Waals surface area contributed by atoms with Gasteiger partial charge in [-0.1, -0.05) is 152 Å². The summed E-state index contributed by atoms with van der Waals surface area (Å²) < 4.78 is 13.6. The molecule has 258 valence electrons. The van der Waals surface area contributed by atoms with E-state index in [1.165, 1.54) is 11.1 Å². The first-order valence-corrected chi connectivity index (χ1v) is 18.7. The van der Waals surface area contributed by atoms with Crippen LogP contribution in [0.2, 0.25) is 0 Å². The summed E-state index contributed by atoms with van der Waals surface area (Å²) in [6.07, 6.45) is 0. The van der Waals surface area contributed by atoms with Gasteiger partial charge in [0.05, 0.1) is 11.4 Å². The molecule has 3 nitrogen and oxygen atoms in total. The van der Waals surface area contributed by atoms with Crippen LogP contribution >= 0.6 is 0 Å². The lowest BCUT2D eigenvalue weighted by Gasteiger charge is -2.28. The minimum absolute atomic E-state index is 0.836. The Morgan fingerprint density at radius 1 is 0.327 bits per heavy atom. The Bertz CT molecular complexity index is 3190. The van der Waals surface area contributed by atoms with Crippen LogP contribution in [0, 0.1) is 0 Å². The molecule has 0 aliphatic rings. The minimum Gasteiger partial charge on any atom is -0.455 e. The molecule has 0 aliphatic carbocycles. The van der Waals surface area contributed by atoms with Gasteiger partial charge in [-0.3, -0.25) is 0 Å². The average molecular weight is 704 g/mol. The number of hydrogen-bond acceptors (Lipinski definition) is 3. The molecule has 11 rings (SSSR count). The first-order chi connectivity index (χ1) is 27.3. The highest BCUT2D eigenvalue weighted by molar-refractivity contribution is 6.22. The second kappa shape index (κ2) is 12.6. The predicted molar refractivity (Wildman–Crippen MR) is 229 cm³/mol. The molecule has 0 aliphatic heterocycles. The highest BCUT2D eigenvalue weighted by Gasteiger charge is 2.26. The van der Waals surface area contributed by atoms with Crippen molar-refractivity contribution in [2.45, 2.75) is 0 Å². The topological polar surface area (TPSA) is 29.5 Å². The average Bonchev–Trinajstić information content (AvgIpc) is 3.84. The molecule has 0 bridgehead atoms. The van der Waals surface area contributed by atoms with Crippen molar-refractivity contribution < 1.29 is 8.83 Å². The van der Waals surface area contributed by atoms with Gasteiger partial charge in [-0.15, -0.1) is 0 Å². The molecule has 0 spiro atoms. The fourth-order valence-electron chi connectivity index (χ4n) is 8.30. The molecule has 0 fully saturated rings. The maximum Gasteiger partial charge on any atom is 0.159 e. The van der Waals surface area contributed by atoms with Crippen LogP contribution < -0.4 is 4.90 Å². The first-order valence-electron chi connectivity index (χ1n) is 18.7. The Labute approximate surface area is 317 Å². The molecule has 0 radical (unpaired) electrons. The lowest BCUT2D eigenvalue weighted by molar-refractivity contribution is 0.669. The van der Waals surface area contributed by atoms with E-state index in [0.717, 1.165) is 94.0 Å². The summed E-state index contributed by atoms with van der Waals surface area (Å²) >= 11 is 0. The van der Waals surface area contributed by atoms with Crippen molar-refractivity contribution in [3.63, 3.8) is 0 Å². The van der Waals surface area contributed by atoms with Crippen molar-refractivity contribution in [2.75, 3.05) is 4.90 Å². The summed E-state index contributed by atoms with van der Waals surface area (Å²) in [5.74, 6) is 0. The molecule has 0 unspecified atom stereocenters. The zero-order chi connectivity index (χ0) is 36.3. The minimum atomic E-state index is 0.836. The normalized spacial score (nSPS) is 11.6. The lowest BCUT2D eigenvalue weighted by atomic mass is 9.93. The molecular formula is C52H33NO2. The van der Waals surface area contributed by atoms with Gasteiger partial charge in [0.25, 0.3) is 0 Å². The summed E-state index contributed by atoms with van der Waals surface area (Å²) in [5, 5.41) is 6.58. The van der Waals surface area contributed by atoms with Gasteiger partial charge in [-0.05, 0) is 81.7 Å². The number of fused-ring (bicyclic) bond motifs is 8. The van der Waals surface area contributed by atoms with Crippen LogP contribution in [0.4, 0.5) is 17.1 Å². The smallest absolute Gasteiger partial charge is 0.159 e. The van der Waals surface area contributed by atoms with E-state index < -0.39 is 0 Å². The molecule has 0 N–H and O–H groups in total. The van der Waals surface area contributed by atoms with E-state index in [1.54, 1.807) is 0 Å². The largest absolute Gasteiger partial charge is 0.455 e. The Balaban J connectivity index is 1.24. The van der Waals surface area contributed by atoms with Gasteiger partial charge in [0.15, 0.2) is 5.58 Å². The van der Waals surface area contributed by atoms with E-state index in [0.29, 0.717) is 0 Å². The van der Waals surface area contributed by atoms with Gasteiger partial charge in [-0.25, -0.2) is 0 Å². The van der Waals surface area contributed by atoms with Crippen LogP contribution in [-0.4, -0.2) is 0 Å². The molecule has 0 amide bonds. The second-order valence-corrected chi connectivity index (χ2v) is 14.0. The molecule has 11 aromatic rings. The third kappa shape index (κ3) is 5.13. The van der Waals surface area contributed by atoms with Crippen molar-refractivity contribution in [1.82, 2.24) is 0 Å². The lowest BCUT2D eigenvalue weighted by Crippen LogP contribution is -2.11. The second-order valence-electron chi connectivity index (χ2n) is 14.0. The molecule has 2 heterocycles. The van der Waals surface area contributed by atoms with E-state index in [2.05, 4.69) is 193 Å². The Hall–Kier alpha value is -7.36. The fourth-order valence-corrected chi connectivity index (χ4v) is 8.30. The van der Waals surface area contributed by atoms with Crippen LogP contribution in [0.1, 0.15) is 0 Å². The van der Waals surface area contributed by atoms with Gasteiger partial charge in [0.2, 0.25) is 0 Å². The van der Waals surface area contributed by atoms with E-state index in [-0.39, 0.29) is 0 Å². The van der Waals surface area contributed by atoms with Crippen LogP contribution in [0.15, 0.2) is 209 Å². The molecule has 55 heavy (non-hydrogen) atoms. The van der Waals surface area contributed by atoms with Crippen LogP contribution in [0.5, 0.6) is 0 Å². The summed E-state index contributed by atoms with van der Waals surface area (Å²) in [6.45, 7) is 0. The Kier molecular flexibility index (Phi) is 7.17. The zero-order valence-corrected chi connectivity index (χ0v) is 29.8. The number of rotatable bonds is 6. The third-order valence-corrected chi connectivity index (χ3v) is 10.9. The van der Waals surface area contributed by atoms with Crippen LogP contribution in [0.3, 0.4) is 0 Å². The number of hydrogen-bond donors (Lipinski definition) is 0. The summed E-state index contributed by atoms with van der Waals surface area (Å²) in [5.41, 5.74) is 13.3. The van der Waals surface area contributed by atoms with Gasteiger partial charge in [0, 0.05) is 38.2 Å². The Morgan fingerprint density at radius 3 is 1.76 bits per heavy atom. The third-order valence-electron chi connectivity index (χ3n) is 10.9. The number of para-hydroxylation sites is 2. The number of nitrogens with zero attached hydrogens (tertiary/aromatic N) is 1. The molecule has 3 heteroatoms. The summed E-state index contributed by atoms with van der Waals surface area (Å²) in [6, 6.07) is 70.9. The van der Waals surface area contributed by atoms with Gasteiger partial charge in [0.1, 0.15) is 16.7 Å². The van der Waals surface area contributed by atoms with Gasteiger partial charge < -0.3 is 13.7 Å². The van der Waals surface area contributed by atoms with Gasteiger partial charge in [-0.2, -0.15) is 0 Å². The summed E-state index contributed by atoms with van der Waals surface area (Å²) in [4.78, 5) is 2.36. The molecular weight excluding hydrogens is 671 g/mol. The van der Waals surface area contributed by atoms with E-state index in [9.17, 15) is 0 Å². The maximum absolute atomic E-state index is 6.83. The van der Waals surface area contributed by atoms with Crippen molar-refractivity contribution in [3.05, 3.63) is 200 Å². The van der Waals surface area contributed by atoms with Crippen LogP contribution in [-0.2, 0) is 0 Å². The number of furan rings is 2. The number of benzene rings is 9. The van der Waals surface area contributed by atoms with E-state index >= 15 is 0 Å². The standard InChI is InChI=1S/C52H33NO2/c1-3-13-34(14-4-1)36-25-28-40(29-26-36)53(46-23-12-22-43-42-21-9-10-24-47(42)54-52(43)46)45-31-32-48-50(44-30-27-37-17-7-8-20-41(37)51(44)55-48)49(45)39-19-11-18-38(33-39)35-15-5-2-6-16-35/h1-33H. The highest BCUT2D eigenvalue weighted by atomic mass is 16.3. The van der Waals surface area contributed by atoms with Crippen molar-refractivity contribution in [2.24, 2.45) is 0 Å². The summed E-state index contributed by atoms with van der Waals surface area (Å²) in [7, 11) is 0. The van der Waals surface area contributed by atoms with Gasteiger partial charge >= 0.3 is 0 Å². The first kappa shape index (κ1) is 31.2. The fraction of sp³-hybridized carbons (Fsp3) is 0. The molecule has 9 aromatic carbocycles. The Morgan fingerprint density at radius 2 is 0.945 bits per heavy atom. The maximum atomic E-state index is 6.83. The quantitative estimate of drug-likeness (QED) is 0.173. The number of anilines is 3. The molecule has 2 aromatic heterocycles. The molecule has 0 atom stereocenters. The van der Waals surface area contributed by atoms with Crippen molar-refractivity contribution in [1.29, 1.82) is 0 Å². The zero-order valence-electron chi connectivity index (χ0n) is 29.8.